The molecule has 0 bridgehead atoms. The third-order valence-electron chi connectivity index (χ3n) is 7.56. The van der Waals surface area contributed by atoms with E-state index < -0.39 is 0 Å². The number of aromatic nitrogens is 3. The topological polar surface area (TPSA) is 43.9 Å². The van der Waals surface area contributed by atoms with Crippen LogP contribution in [-0.4, -0.2) is 14.7 Å². The van der Waals surface area contributed by atoms with Gasteiger partial charge >= 0.3 is 0 Å². The number of nitrogens with zero attached hydrogens (tertiary/aromatic N) is 3. The predicted octanol–water partition coefficient (Wildman–Crippen LogP) is 8.91. The molecule has 3 aromatic heterocycles. The van der Waals surface area contributed by atoms with Gasteiger partial charge in [0.2, 0.25) is 0 Å². The van der Waals surface area contributed by atoms with Crippen LogP contribution >= 0.6 is 0 Å². The number of rotatable bonds is 5. The Bertz CT molecular complexity index is 1680. The van der Waals surface area contributed by atoms with E-state index in [2.05, 4.69) is 128 Å². The number of hydrogen-bond donors (Lipinski definition) is 0. The molecule has 3 heterocycles. The molecule has 0 saturated heterocycles. The zero-order chi connectivity index (χ0) is 27.1. The van der Waals surface area contributed by atoms with E-state index in [9.17, 15) is 0 Å². The van der Waals surface area contributed by atoms with Gasteiger partial charge in [-0.25, -0.2) is 0 Å². The lowest BCUT2D eigenvalue weighted by Gasteiger charge is -2.21. The van der Waals surface area contributed by atoms with Crippen molar-refractivity contribution in [1.82, 2.24) is 14.7 Å². The van der Waals surface area contributed by atoms with Crippen LogP contribution in [0, 0.1) is 13.8 Å². The van der Waals surface area contributed by atoms with E-state index in [1.807, 2.05) is 20.0 Å². The third-order valence-corrected chi connectivity index (χ3v) is 7.56. The minimum Gasteiger partial charge on any atom is -0.361 e. The van der Waals surface area contributed by atoms with Crippen molar-refractivity contribution in [1.29, 1.82) is 0 Å². The van der Waals surface area contributed by atoms with Gasteiger partial charge in [0, 0.05) is 29.1 Å². The highest BCUT2D eigenvalue weighted by Gasteiger charge is 2.23. The van der Waals surface area contributed by atoms with Crippen molar-refractivity contribution in [3.05, 3.63) is 132 Å². The van der Waals surface area contributed by atoms with Crippen LogP contribution in [0.25, 0.3) is 33.3 Å². The smallest absolute Gasteiger partial charge is 0.141 e. The molecule has 0 amide bonds. The molecule has 0 aliphatic carbocycles. The maximum absolute atomic E-state index is 5.51. The summed E-state index contributed by atoms with van der Waals surface area (Å²) in [6.45, 7) is 10.7. The van der Waals surface area contributed by atoms with Gasteiger partial charge in [0.15, 0.2) is 0 Å². The van der Waals surface area contributed by atoms with E-state index in [4.69, 9.17) is 9.51 Å². The second-order valence-electron chi connectivity index (χ2n) is 11.3. The van der Waals surface area contributed by atoms with Gasteiger partial charge in [-0.1, -0.05) is 111 Å². The van der Waals surface area contributed by atoms with Gasteiger partial charge in [0.1, 0.15) is 5.76 Å². The molecule has 3 aromatic carbocycles. The Balaban J connectivity index is 1.62. The number of hydrogen-bond acceptors (Lipinski definition) is 3. The average molecular weight is 512 g/mol. The van der Waals surface area contributed by atoms with E-state index >= 15 is 0 Å². The predicted molar refractivity (Wildman–Crippen MR) is 159 cm³/mol. The number of benzene rings is 3. The number of fused-ring (bicyclic) bond motifs is 1. The van der Waals surface area contributed by atoms with E-state index in [-0.39, 0.29) is 11.5 Å². The summed E-state index contributed by atoms with van der Waals surface area (Å²) < 4.78 is 7.88. The highest BCUT2D eigenvalue weighted by Crippen LogP contribution is 2.39. The summed E-state index contributed by atoms with van der Waals surface area (Å²) in [5, 5.41) is 4.20. The van der Waals surface area contributed by atoms with Crippen molar-refractivity contribution in [3.63, 3.8) is 0 Å². The monoisotopic (exact) mass is 511 g/mol. The molecule has 0 aliphatic heterocycles. The molecule has 0 saturated carbocycles. The fourth-order valence-corrected chi connectivity index (χ4v) is 5.52. The maximum atomic E-state index is 5.51. The van der Waals surface area contributed by atoms with Gasteiger partial charge in [-0.05, 0) is 47.6 Å². The molecule has 0 unspecified atom stereocenters. The fourth-order valence-electron chi connectivity index (χ4n) is 5.52. The Morgan fingerprint density at radius 2 is 1.38 bits per heavy atom. The second-order valence-corrected chi connectivity index (χ2v) is 11.3. The lowest BCUT2D eigenvalue weighted by molar-refractivity contribution is 0.393. The molecule has 6 rings (SSSR count). The molecule has 4 heteroatoms. The summed E-state index contributed by atoms with van der Waals surface area (Å²) in [6, 6.07) is 32.5. The van der Waals surface area contributed by atoms with Gasteiger partial charge < -0.3 is 9.09 Å². The summed E-state index contributed by atoms with van der Waals surface area (Å²) >= 11 is 0. The summed E-state index contributed by atoms with van der Waals surface area (Å²) in [5.74, 6) is 0.799. The van der Waals surface area contributed by atoms with Gasteiger partial charge in [0.25, 0.3) is 0 Å². The Hall–Kier alpha value is -4.44. The first-order valence-electron chi connectivity index (χ1n) is 13.5. The van der Waals surface area contributed by atoms with Crippen molar-refractivity contribution in [2.75, 3.05) is 0 Å². The fraction of sp³-hybridized carbons (Fsp3) is 0.200. The van der Waals surface area contributed by atoms with E-state index in [0.717, 1.165) is 44.7 Å². The summed E-state index contributed by atoms with van der Waals surface area (Å²) in [4.78, 5) is 5.07. The van der Waals surface area contributed by atoms with Crippen molar-refractivity contribution in [2.24, 2.45) is 0 Å². The van der Waals surface area contributed by atoms with Crippen molar-refractivity contribution in [2.45, 2.75) is 46.1 Å². The van der Waals surface area contributed by atoms with Gasteiger partial charge in [-0.2, -0.15) is 0 Å². The van der Waals surface area contributed by atoms with Crippen LogP contribution in [0.4, 0.5) is 0 Å². The molecule has 39 heavy (non-hydrogen) atoms. The van der Waals surface area contributed by atoms with Crippen LogP contribution in [0.5, 0.6) is 0 Å². The zero-order valence-corrected chi connectivity index (χ0v) is 23.1. The van der Waals surface area contributed by atoms with Crippen LogP contribution in [-0.2, 0) is 5.41 Å². The van der Waals surface area contributed by atoms with Crippen LogP contribution in [0.2, 0.25) is 0 Å². The van der Waals surface area contributed by atoms with E-state index in [0.29, 0.717) is 0 Å². The van der Waals surface area contributed by atoms with Gasteiger partial charge in [-0.15, -0.1) is 0 Å². The molecular weight excluding hydrogens is 478 g/mol. The molecule has 0 atom stereocenters. The van der Waals surface area contributed by atoms with Crippen molar-refractivity contribution < 1.29 is 4.52 Å². The second kappa shape index (κ2) is 9.70. The first kappa shape index (κ1) is 24.9. The molecule has 194 valence electrons. The molecule has 4 nitrogen and oxygen atoms in total. The Morgan fingerprint density at radius 3 is 1.92 bits per heavy atom. The summed E-state index contributed by atoms with van der Waals surface area (Å²) in [7, 11) is 0. The average Bonchev–Trinajstić information content (AvgIpc) is 3.48. The molecule has 0 radical (unpaired) electrons. The van der Waals surface area contributed by atoms with Crippen LogP contribution in [0.15, 0.2) is 108 Å². The van der Waals surface area contributed by atoms with Gasteiger partial charge in [-0.3, -0.25) is 4.98 Å². The quantitative estimate of drug-likeness (QED) is 0.232. The lowest BCUT2D eigenvalue weighted by Crippen LogP contribution is -2.11. The molecule has 6 aromatic rings. The highest BCUT2D eigenvalue weighted by atomic mass is 16.5. The first-order valence-corrected chi connectivity index (χ1v) is 13.5. The van der Waals surface area contributed by atoms with E-state index in [1.54, 1.807) is 0 Å². The van der Waals surface area contributed by atoms with E-state index in [1.165, 1.54) is 16.7 Å². The normalized spacial score (nSPS) is 11.9. The minimum atomic E-state index is -0.0146. The van der Waals surface area contributed by atoms with Crippen LogP contribution in [0.3, 0.4) is 0 Å². The van der Waals surface area contributed by atoms with Crippen LogP contribution in [0.1, 0.15) is 55.0 Å². The molecular formula is C35H33N3O. The third kappa shape index (κ3) is 4.57. The minimum absolute atomic E-state index is 0.0146. The largest absolute Gasteiger partial charge is 0.361 e. The summed E-state index contributed by atoms with van der Waals surface area (Å²) in [6.07, 6.45) is 4.22. The Labute approximate surface area is 230 Å². The molecule has 0 N–H and O–H groups in total. The number of pyridine rings is 1. The summed E-state index contributed by atoms with van der Waals surface area (Å²) in [5.41, 5.74) is 11.1. The molecule has 0 fully saturated rings. The van der Waals surface area contributed by atoms with Crippen LogP contribution < -0.4 is 0 Å². The van der Waals surface area contributed by atoms with Gasteiger partial charge in [0.05, 0.1) is 22.8 Å². The lowest BCUT2D eigenvalue weighted by atomic mass is 9.86. The first-order chi connectivity index (χ1) is 18.8. The maximum Gasteiger partial charge on any atom is 0.141 e. The zero-order valence-electron chi connectivity index (χ0n) is 23.1. The number of aryl methyl sites for hydroxylation is 2. The van der Waals surface area contributed by atoms with Crippen molar-refractivity contribution in [3.8, 4) is 22.3 Å². The highest BCUT2D eigenvalue weighted by molar-refractivity contribution is 5.95. The SMILES string of the molecule is Cc1noc(C)c1-c1cnc2c(-c3ccc(C(C)(C)C)cc3)cn(C(c3ccccc3)c3ccccc3)c2c1. The standard InChI is InChI=1S/C35H33N3O/c1-23-32(24(2)39-37-23)28-20-31-33(36-21-28)30(25-16-18-29(19-17-25)35(3,4)5)22-38(31)34(26-12-8-6-9-13-26)27-14-10-7-11-15-27/h6-22,34H,1-5H3. The Kier molecular flexibility index (Phi) is 6.19. The molecule has 0 aliphatic rings. The van der Waals surface area contributed by atoms with Crippen molar-refractivity contribution >= 4 is 11.0 Å². The Morgan fingerprint density at radius 1 is 0.769 bits per heavy atom. The molecule has 0 spiro atoms.